The molecule has 4 saturated heterocycles. The molecular weight excluding hydrogens is 580 g/mol. The highest BCUT2D eigenvalue weighted by Gasteiger charge is 2.84. The van der Waals surface area contributed by atoms with Crippen LogP contribution in [-0.2, 0) is 9.47 Å². The molecule has 4 heterocycles. The number of carbonyl (C=O) groups excluding carboxylic acids is 1. The van der Waals surface area contributed by atoms with Crippen LogP contribution < -0.4 is 5.32 Å². The number of rotatable bonds is 4. The third kappa shape index (κ3) is 4.06. The predicted molar refractivity (Wildman–Crippen MR) is 175 cm³/mol. The number of hydrogen-bond donors (Lipinski definition) is 4. The molecule has 1 amide bonds. The van der Waals surface area contributed by atoms with E-state index in [1.807, 2.05) is 0 Å². The lowest BCUT2D eigenvalue weighted by Gasteiger charge is -2.63. The number of amides is 1. The molecule has 2 bridgehead atoms. The highest BCUT2D eigenvalue weighted by Crippen LogP contribution is 2.89. The Labute approximate surface area is 276 Å². The molecule has 0 aromatic heterocycles. The van der Waals surface area contributed by atoms with Gasteiger partial charge in [-0.3, -0.25) is 0 Å². The molecule has 8 heteroatoms. The fourth-order valence-electron chi connectivity index (χ4n) is 14.6. The summed E-state index contributed by atoms with van der Waals surface area (Å²) in [5, 5.41) is 37.3. The normalized spacial score (nSPS) is 55.6. The van der Waals surface area contributed by atoms with Gasteiger partial charge in [0.05, 0.1) is 23.9 Å². The van der Waals surface area contributed by atoms with E-state index in [0.717, 1.165) is 51.7 Å². The summed E-state index contributed by atoms with van der Waals surface area (Å²) in [5.41, 5.74) is -1.18. The Bertz CT molecular complexity index is 1240. The lowest BCUT2D eigenvalue weighted by Crippen LogP contribution is -2.60. The summed E-state index contributed by atoms with van der Waals surface area (Å²) >= 11 is 0. The minimum absolute atomic E-state index is 0.0449. The van der Waals surface area contributed by atoms with Crippen molar-refractivity contribution in [3.63, 3.8) is 0 Å². The van der Waals surface area contributed by atoms with E-state index in [2.05, 4.69) is 44.8 Å². The quantitative estimate of drug-likeness (QED) is 0.337. The number of aliphatic hydroxyl groups excluding tert-OH is 2. The molecule has 0 radical (unpaired) electrons. The highest BCUT2D eigenvalue weighted by molar-refractivity contribution is 5.68. The van der Waals surface area contributed by atoms with Crippen molar-refractivity contribution in [2.75, 3.05) is 19.6 Å². The Morgan fingerprint density at radius 2 is 1.67 bits per heavy atom. The van der Waals surface area contributed by atoms with Crippen LogP contribution >= 0.6 is 0 Å². The van der Waals surface area contributed by atoms with Crippen molar-refractivity contribution >= 4 is 6.09 Å². The number of alkyl carbamates (subject to hydrolysis) is 1. The van der Waals surface area contributed by atoms with Gasteiger partial charge in [0.15, 0.2) is 0 Å². The zero-order valence-corrected chi connectivity index (χ0v) is 29.6. The van der Waals surface area contributed by atoms with Crippen LogP contribution in [0.3, 0.4) is 0 Å². The number of piperidine rings is 3. The van der Waals surface area contributed by atoms with Crippen molar-refractivity contribution in [1.29, 1.82) is 0 Å². The highest BCUT2D eigenvalue weighted by atomic mass is 16.6. The molecule has 0 aromatic rings. The summed E-state index contributed by atoms with van der Waals surface area (Å²) in [6.45, 7) is 18.4. The van der Waals surface area contributed by atoms with Crippen molar-refractivity contribution in [3.8, 4) is 0 Å². The zero-order valence-electron chi connectivity index (χ0n) is 29.6. The first-order chi connectivity index (χ1) is 21.5. The van der Waals surface area contributed by atoms with Crippen molar-refractivity contribution < 1.29 is 29.6 Å². The second-order valence-corrected chi connectivity index (χ2v) is 19.4. The number of fused-ring (bicyclic) bond motifs is 7. The lowest BCUT2D eigenvalue weighted by atomic mass is 9.41. The fraction of sp³-hybridized carbons (Fsp3) is 0.974. The van der Waals surface area contributed by atoms with Crippen molar-refractivity contribution in [3.05, 3.63) is 0 Å². The van der Waals surface area contributed by atoms with E-state index in [-0.39, 0.29) is 57.3 Å². The van der Waals surface area contributed by atoms with Crippen molar-refractivity contribution in [2.24, 2.45) is 56.7 Å². The molecule has 9 unspecified atom stereocenters. The van der Waals surface area contributed by atoms with Crippen LogP contribution in [-0.4, -0.2) is 88.1 Å². The summed E-state index contributed by atoms with van der Waals surface area (Å²) in [6, 6.07) is 0.217. The Balaban J connectivity index is 1.01. The maximum absolute atomic E-state index is 13.3. The van der Waals surface area contributed by atoms with E-state index in [0.29, 0.717) is 30.1 Å². The number of nitrogens with one attached hydrogen (secondary N) is 1. The number of ether oxygens (including phenoxy) is 2. The van der Waals surface area contributed by atoms with Crippen LogP contribution in [0.4, 0.5) is 4.79 Å². The summed E-state index contributed by atoms with van der Waals surface area (Å²) in [7, 11) is 0. The monoisotopic (exact) mass is 642 g/mol. The lowest BCUT2D eigenvalue weighted by molar-refractivity contribution is -0.202. The third-order valence-corrected chi connectivity index (χ3v) is 17.1. The van der Waals surface area contributed by atoms with Gasteiger partial charge >= 0.3 is 6.09 Å². The molecule has 4 aliphatic heterocycles. The average Bonchev–Trinajstić information content (AvgIpc) is 3.63. The molecule has 9 fully saturated rings. The summed E-state index contributed by atoms with van der Waals surface area (Å²) in [5.74, 6) is 2.05. The molecular formula is C38H62N2O6. The van der Waals surface area contributed by atoms with Gasteiger partial charge in [-0.2, -0.15) is 0 Å². The SMILES string of the molecule is C[C@@H]1CC(C(O)C(C)(C)O)OC2[C@H]1C1(C)CCC34CC35CCC(OC(=O)NC3CN6CCC3CC6)C(C)(C)[C@@H]5CCC4[C@]1(C)[C@H]2O. The van der Waals surface area contributed by atoms with Crippen LogP contribution in [0.5, 0.6) is 0 Å². The van der Waals surface area contributed by atoms with E-state index >= 15 is 0 Å². The summed E-state index contributed by atoms with van der Waals surface area (Å²) in [4.78, 5) is 15.8. The van der Waals surface area contributed by atoms with Crippen LogP contribution in [0.25, 0.3) is 0 Å². The van der Waals surface area contributed by atoms with E-state index < -0.39 is 23.9 Å². The number of carbonyl (C=O) groups is 1. The maximum atomic E-state index is 13.3. The number of nitrogens with zero attached hydrogens (tertiary/aromatic N) is 1. The first-order valence-electron chi connectivity index (χ1n) is 18.9. The zero-order chi connectivity index (χ0) is 32.8. The molecule has 46 heavy (non-hydrogen) atoms. The second-order valence-electron chi connectivity index (χ2n) is 19.4. The first kappa shape index (κ1) is 32.3. The molecule has 4 N–H and O–H groups in total. The Hall–Kier alpha value is -0.930. The Morgan fingerprint density at radius 1 is 1.00 bits per heavy atom. The molecule has 260 valence electrons. The Morgan fingerprint density at radius 3 is 2.33 bits per heavy atom. The van der Waals surface area contributed by atoms with E-state index in [1.54, 1.807) is 13.8 Å². The second kappa shape index (κ2) is 10.1. The fourth-order valence-corrected chi connectivity index (χ4v) is 14.6. The van der Waals surface area contributed by atoms with Crippen LogP contribution in [0.2, 0.25) is 0 Å². The summed E-state index contributed by atoms with van der Waals surface area (Å²) < 4.78 is 13.0. The van der Waals surface area contributed by atoms with Gasteiger partial charge in [-0.15, -0.1) is 0 Å². The predicted octanol–water partition coefficient (Wildman–Crippen LogP) is 5.12. The molecule has 5 aliphatic carbocycles. The van der Waals surface area contributed by atoms with E-state index in [1.165, 1.54) is 25.7 Å². The number of aliphatic hydroxyl groups is 3. The van der Waals surface area contributed by atoms with Gasteiger partial charge in [-0.05, 0) is 137 Å². The van der Waals surface area contributed by atoms with Gasteiger partial charge in [-0.25, -0.2) is 4.79 Å². The molecule has 2 spiro atoms. The van der Waals surface area contributed by atoms with Gasteiger partial charge in [0, 0.05) is 23.4 Å². The maximum Gasteiger partial charge on any atom is 0.407 e. The Kier molecular flexibility index (Phi) is 7.07. The van der Waals surface area contributed by atoms with Crippen LogP contribution in [0, 0.1) is 56.7 Å². The smallest absolute Gasteiger partial charge is 0.407 e. The van der Waals surface area contributed by atoms with Gasteiger partial charge in [0.1, 0.15) is 12.2 Å². The molecule has 9 aliphatic rings. The minimum Gasteiger partial charge on any atom is -0.446 e. The average molecular weight is 643 g/mol. The third-order valence-electron chi connectivity index (χ3n) is 17.1. The van der Waals surface area contributed by atoms with Crippen LogP contribution in [0.1, 0.15) is 113 Å². The molecule has 8 nitrogen and oxygen atoms in total. The van der Waals surface area contributed by atoms with E-state index in [9.17, 15) is 20.1 Å². The van der Waals surface area contributed by atoms with Crippen LogP contribution in [0.15, 0.2) is 0 Å². The van der Waals surface area contributed by atoms with Crippen molar-refractivity contribution in [1.82, 2.24) is 10.2 Å². The van der Waals surface area contributed by atoms with E-state index in [4.69, 9.17) is 9.47 Å². The van der Waals surface area contributed by atoms with Gasteiger partial charge < -0.3 is 35.0 Å². The minimum atomic E-state index is -1.26. The van der Waals surface area contributed by atoms with Crippen molar-refractivity contribution in [2.45, 2.75) is 155 Å². The topological polar surface area (TPSA) is 111 Å². The largest absolute Gasteiger partial charge is 0.446 e. The van der Waals surface area contributed by atoms with Gasteiger partial charge in [0.2, 0.25) is 0 Å². The molecule has 0 aromatic carbocycles. The number of hydrogen-bond acceptors (Lipinski definition) is 7. The molecule has 9 rings (SSSR count). The van der Waals surface area contributed by atoms with Gasteiger partial charge in [0.25, 0.3) is 0 Å². The molecule has 5 saturated carbocycles. The standard InChI is InChI=1S/C38H62N2O6/c1-21-18-24(30(41)34(4,5)44)45-29-28(21)35(6)14-15-38-20-37(38)13-10-27(46-32(43)39-23-19-40-16-11-22(23)12-17-40)33(2,3)25(37)8-9-26(38)36(35,7)31(29)42/h21-31,41-42,44H,8-20H2,1-7H3,(H,39,43)/t21-,23?,24?,25+,26?,27?,28+,29?,30?,31+,35?,36-,37?,38?/m1/s1. The summed E-state index contributed by atoms with van der Waals surface area (Å²) in [6.07, 6.45) is 8.17. The molecule has 14 atom stereocenters. The first-order valence-corrected chi connectivity index (χ1v) is 18.9. The van der Waals surface area contributed by atoms with Gasteiger partial charge in [-0.1, -0.05) is 34.6 Å².